The molecule has 0 rings (SSSR count). The van der Waals surface area contributed by atoms with Gasteiger partial charge in [-0.3, -0.25) is 15.6 Å². The predicted octanol–water partition coefficient (Wildman–Crippen LogP) is 0.486. The molecule has 0 atom stereocenters. The van der Waals surface area contributed by atoms with Crippen LogP contribution in [0.4, 0.5) is 9.59 Å². The molecule has 2 amide bonds. The molecule has 0 spiro atoms. The molecule has 0 saturated carbocycles. The van der Waals surface area contributed by atoms with Gasteiger partial charge in [0.1, 0.15) is 17.7 Å². The third-order valence-corrected chi connectivity index (χ3v) is 1.74. The third kappa shape index (κ3) is 13.0. The highest BCUT2D eigenvalue weighted by Crippen LogP contribution is 2.06. The molecule has 138 valence electrons. The molecule has 0 aromatic rings. The minimum absolute atomic E-state index is 0.228. The molecule has 0 aromatic carbocycles. The second-order valence-corrected chi connectivity index (χ2v) is 6.56. The van der Waals surface area contributed by atoms with Crippen LogP contribution in [0.1, 0.15) is 41.5 Å². The number of hydrogen-bond acceptors (Lipinski definition) is 6. The Morgan fingerprint density at radius 1 is 0.833 bits per heavy atom. The highest BCUT2D eigenvalue weighted by Gasteiger charge is 2.18. The number of amides is 2. The van der Waals surface area contributed by atoms with Gasteiger partial charge in [0.15, 0.2) is 0 Å². The third-order valence-electron chi connectivity index (χ3n) is 1.74. The van der Waals surface area contributed by atoms with Crippen LogP contribution in [-0.4, -0.2) is 47.0 Å². The van der Waals surface area contributed by atoms with Crippen molar-refractivity contribution in [2.45, 2.75) is 52.7 Å². The molecule has 24 heavy (non-hydrogen) atoms. The number of ether oxygens (including phenoxy) is 2. The molecule has 5 N–H and O–H groups in total. The van der Waals surface area contributed by atoms with E-state index in [9.17, 15) is 14.4 Å². The zero-order valence-electron chi connectivity index (χ0n) is 14.6. The van der Waals surface area contributed by atoms with Crippen LogP contribution >= 0.6 is 0 Å². The van der Waals surface area contributed by atoms with E-state index in [2.05, 4.69) is 26.7 Å². The summed E-state index contributed by atoms with van der Waals surface area (Å²) in [5.41, 5.74) is 7.45. The number of nitrogens with one attached hydrogen (secondary N) is 4. The fourth-order valence-electron chi connectivity index (χ4n) is 1.08. The number of hydrazine groups is 2. The van der Waals surface area contributed by atoms with Crippen LogP contribution in [0.2, 0.25) is 0 Å². The Bertz CT molecular complexity index is 458. The van der Waals surface area contributed by atoms with Gasteiger partial charge in [0.2, 0.25) is 5.96 Å². The Kier molecular flexibility index (Phi) is 7.80. The van der Waals surface area contributed by atoms with Gasteiger partial charge in [-0.1, -0.05) is 0 Å². The van der Waals surface area contributed by atoms with Crippen LogP contribution in [-0.2, 0) is 14.3 Å². The number of rotatable bonds is 2. The van der Waals surface area contributed by atoms with E-state index >= 15 is 0 Å². The van der Waals surface area contributed by atoms with Gasteiger partial charge in [-0.25, -0.2) is 25.4 Å². The molecule has 0 unspecified atom stereocenters. The van der Waals surface area contributed by atoms with Gasteiger partial charge in [-0.05, 0) is 41.5 Å². The molecule has 0 aliphatic rings. The number of carboxylic acid groups (broad SMARTS) is 1. The van der Waals surface area contributed by atoms with E-state index in [1.165, 1.54) is 0 Å². The molecule has 0 heterocycles. The van der Waals surface area contributed by atoms with E-state index in [0.29, 0.717) is 0 Å². The average molecular weight is 347 g/mol. The summed E-state index contributed by atoms with van der Waals surface area (Å²) in [6.45, 7) is 9.45. The first-order valence-corrected chi connectivity index (χ1v) is 7.05. The maximum atomic E-state index is 11.5. The molecule has 11 nitrogen and oxygen atoms in total. The minimum Gasteiger partial charge on any atom is -0.480 e. The molecule has 0 radical (unpaired) electrons. The zero-order chi connectivity index (χ0) is 19.0. The van der Waals surface area contributed by atoms with E-state index in [4.69, 9.17) is 14.6 Å². The number of carbonyl (C=O) groups is 3. The summed E-state index contributed by atoms with van der Waals surface area (Å²) in [6, 6.07) is 0. The Morgan fingerprint density at radius 2 is 1.21 bits per heavy atom. The monoisotopic (exact) mass is 347 g/mol. The molecular weight excluding hydrogens is 322 g/mol. The van der Waals surface area contributed by atoms with Crippen LogP contribution in [0, 0.1) is 0 Å². The van der Waals surface area contributed by atoms with Gasteiger partial charge in [-0.15, -0.1) is 0 Å². The van der Waals surface area contributed by atoms with E-state index in [1.54, 1.807) is 41.5 Å². The molecule has 0 aliphatic carbocycles. The lowest BCUT2D eigenvalue weighted by Crippen LogP contribution is -2.55. The fourth-order valence-corrected chi connectivity index (χ4v) is 1.08. The van der Waals surface area contributed by atoms with E-state index in [-0.39, 0.29) is 5.96 Å². The van der Waals surface area contributed by atoms with E-state index in [1.807, 2.05) is 0 Å². The lowest BCUT2D eigenvalue weighted by atomic mass is 10.2. The summed E-state index contributed by atoms with van der Waals surface area (Å²) < 4.78 is 9.96. The first-order chi connectivity index (χ1) is 10.8. The predicted molar refractivity (Wildman–Crippen MR) is 84.9 cm³/mol. The highest BCUT2D eigenvalue weighted by atomic mass is 16.6. The number of aliphatic carboxylic acids is 1. The van der Waals surface area contributed by atoms with Crippen LogP contribution in [0.25, 0.3) is 0 Å². The summed E-state index contributed by atoms with van der Waals surface area (Å²) in [7, 11) is 0. The van der Waals surface area contributed by atoms with Crippen LogP contribution < -0.4 is 21.7 Å². The Hall–Kier alpha value is -2.72. The smallest absolute Gasteiger partial charge is 0.426 e. The van der Waals surface area contributed by atoms with Crippen molar-refractivity contribution < 1.29 is 29.0 Å². The summed E-state index contributed by atoms with van der Waals surface area (Å²) in [5, 5.41) is 8.64. The number of nitrogens with zero attached hydrogens (tertiary/aromatic N) is 1. The lowest BCUT2D eigenvalue weighted by Gasteiger charge is -2.22. The van der Waals surface area contributed by atoms with Crippen LogP contribution in [0.3, 0.4) is 0 Å². The van der Waals surface area contributed by atoms with Crippen molar-refractivity contribution >= 4 is 24.1 Å². The highest BCUT2D eigenvalue weighted by molar-refractivity contribution is 5.85. The Labute approximate surface area is 140 Å². The van der Waals surface area contributed by atoms with Crippen molar-refractivity contribution in [3.05, 3.63) is 0 Å². The van der Waals surface area contributed by atoms with E-state index in [0.717, 1.165) is 0 Å². The number of carbonyl (C=O) groups excluding carboxylic acids is 2. The standard InChI is InChI=1S/C13H25N5O6/c1-12(2,3)23-10(21)17-15-9(14-7-8(19)20)16-18-11(22)24-13(4,5)6/h7H2,1-6H3,(H,17,21)(H,18,22)(H,19,20)(H2,14,15,16). The lowest BCUT2D eigenvalue weighted by molar-refractivity contribution is -0.135. The van der Waals surface area contributed by atoms with Crippen molar-refractivity contribution in [1.29, 1.82) is 0 Å². The van der Waals surface area contributed by atoms with Gasteiger partial charge in [0.05, 0.1) is 0 Å². The summed E-state index contributed by atoms with van der Waals surface area (Å²) in [5.74, 6) is -1.43. The normalized spacial score (nSPS) is 10.9. The number of hydrogen-bond donors (Lipinski definition) is 5. The first kappa shape index (κ1) is 21.3. The summed E-state index contributed by atoms with van der Waals surface area (Å²) in [4.78, 5) is 37.2. The fraction of sp³-hybridized carbons (Fsp3) is 0.692. The maximum absolute atomic E-state index is 11.5. The van der Waals surface area contributed by atoms with Gasteiger partial charge in [-0.2, -0.15) is 0 Å². The van der Waals surface area contributed by atoms with Crippen molar-refractivity contribution in [2.75, 3.05) is 6.54 Å². The van der Waals surface area contributed by atoms with Crippen molar-refractivity contribution in [3.63, 3.8) is 0 Å². The molecule has 0 aromatic heterocycles. The number of guanidine groups is 1. The zero-order valence-corrected chi connectivity index (χ0v) is 14.6. The van der Waals surface area contributed by atoms with Gasteiger partial charge < -0.3 is 14.6 Å². The van der Waals surface area contributed by atoms with Gasteiger partial charge in [0, 0.05) is 0 Å². The van der Waals surface area contributed by atoms with Crippen molar-refractivity contribution in [1.82, 2.24) is 21.7 Å². The molecule has 0 aliphatic heterocycles. The first-order valence-electron chi connectivity index (χ1n) is 7.05. The van der Waals surface area contributed by atoms with Crippen LogP contribution in [0.5, 0.6) is 0 Å². The minimum atomic E-state index is -1.20. The van der Waals surface area contributed by atoms with Gasteiger partial charge in [0.25, 0.3) is 0 Å². The summed E-state index contributed by atoms with van der Waals surface area (Å²) >= 11 is 0. The van der Waals surface area contributed by atoms with Gasteiger partial charge >= 0.3 is 18.2 Å². The second-order valence-electron chi connectivity index (χ2n) is 6.56. The SMILES string of the molecule is CC(C)(C)OC(=O)NNC(=NCC(=O)O)NNC(=O)OC(C)(C)C. The van der Waals surface area contributed by atoms with Crippen molar-refractivity contribution in [2.24, 2.45) is 4.99 Å². The number of aliphatic imine (C=N–C) groups is 1. The molecular formula is C13H25N5O6. The quantitative estimate of drug-likeness (QED) is 0.275. The maximum Gasteiger partial charge on any atom is 0.426 e. The van der Waals surface area contributed by atoms with Crippen molar-refractivity contribution in [3.8, 4) is 0 Å². The topological polar surface area (TPSA) is 150 Å². The summed E-state index contributed by atoms with van der Waals surface area (Å²) in [6.07, 6.45) is -1.63. The van der Waals surface area contributed by atoms with E-state index < -0.39 is 35.9 Å². The van der Waals surface area contributed by atoms with Crippen LogP contribution in [0.15, 0.2) is 4.99 Å². The average Bonchev–Trinajstić information content (AvgIpc) is 2.33. The molecule has 0 saturated heterocycles. The Balaban J connectivity index is 4.60. The second kappa shape index (κ2) is 8.79. The molecule has 11 heteroatoms. The molecule has 0 fully saturated rings. The molecule has 0 bridgehead atoms. The Morgan fingerprint density at radius 3 is 1.50 bits per heavy atom. The number of carboxylic acids is 1. The largest absolute Gasteiger partial charge is 0.480 e.